The molecule has 0 aliphatic carbocycles. The second kappa shape index (κ2) is 10.4. The van der Waals surface area contributed by atoms with Gasteiger partial charge in [0.2, 0.25) is 11.8 Å². The minimum absolute atomic E-state index is 0.117. The molecule has 7 heteroatoms. The van der Waals surface area contributed by atoms with Gasteiger partial charge in [0.25, 0.3) is 0 Å². The molecular weight excluding hydrogens is 422 g/mol. The van der Waals surface area contributed by atoms with Crippen LogP contribution in [0, 0.1) is 5.92 Å². The van der Waals surface area contributed by atoms with E-state index in [4.69, 9.17) is 4.74 Å². The van der Waals surface area contributed by atoms with Crippen molar-refractivity contribution in [3.8, 4) is 0 Å². The highest BCUT2D eigenvalue weighted by Crippen LogP contribution is 2.24. The molecular formula is C21H30BrN3O3. The van der Waals surface area contributed by atoms with E-state index in [2.05, 4.69) is 26.1 Å². The molecule has 0 spiro atoms. The van der Waals surface area contributed by atoms with Crippen LogP contribution in [0.3, 0.4) is 0 Å². The summed E-state index contributed by atoms with van der Waals surface area (Å²) in [6, 6.07) is 7.49. The minimum Gasteiger partial charge on any atom is -0.379 e. The molecule has 1 aromatic carbocycles. The first-order chi connectivity index (χ1) is 13.5. The van der Waals surface area contributed by atoms with Crippen molar-refractivity contribution >= 4 is 27.7 Å². The van der Waals surface area contributed by atoms with Crippen LogP contribution in [0.25, 0.3) is 0 Å². The molecule has 1 atom stereocenters. The molecule has 6 nitrogen and oxygen atoms in total. The zero-order valence-electron chi connectivity index (χ0n) is 16.5. The van der Waals surface area contributed by atoms with Crippen LogP contribution in [0.15, 0.2) is 28.7 Å². The number of hydrogen-bond donors (Lipinski definition) is 1. The third-order valence-electron chi connectivity index (χ3n) is 5.62. The lowest BCUT2D eigenvalue weighted by Crippen LogP contribution is -2.45. The van der Waals surface area contributed by atoms with Gasteiger partial charge in [-0.2, -0.15) is 0 Å². The Balaban J connectivity index is 1.51. The summed E-state index contributed by atoms with van der Waals surface area (Å²) in [5, 5.41) is 2.93. The molecule has 0 saturated carbocycles. The van der Waals surface area contributed by atoms with Crippen molar-refractivity contribution in [3.05, 3.63) is 34.3 Å². The van der Waals surface area contributed by atoms with Crippen LogP contribution in [-0.2, 0) is 14.3 Å². The molecule has 1 aromatic rings. The van der Waals surface area contributed by atoms with E-state index in [1.54, 1.807) is 0 Å². The third-order valence-corrected chi connectivity index (χ3v) is 6.14. The Hall–Kier alpha value is -1.44. The van der Waals surface area contributed by atoms with Gasteiger partial charge in [-0.25, -0.2) is 0 Å². The van der Waals surface area contributed by atoms with E-state index < -0.39 is 0 Å². The fourth-order valence-electron chi connectivity index (χ4n) is 4.01. The van der Waals surface area contributed by atoms with Crippen molar-refractivity contribution in [2.45, 2.75) is 32.2 Å². The second-order valence-corrected chi connectivity index (χ2v) is 8.66. The SMILES string of the molecule is CC(=O)NC(CC(=O)N1CCC(CN2CCOCC2)CC1)c1ccc(Br)cc1. The van der Waals surface area contributed by atoms with Crippen molar-refractivity contribution in [1.82, 2.24) is 15.1 Å². The summed E-state index contributed by atoms with van der Waals surface area (Å²) >= 11 is 3.43. The Morgan fingerprint density at radius 2 is 1.79 bits per heavy atom. The molecule has 2 aliphatic rings. The number of likely N-dealkylation sites (tertiary alicyclic amines) is 1. The van der Waals surface area contributed by atoms with E-state index in [0.29, 0.717) is 12.3 Å². The highest BCUT2D eigenvalue weighted by Gasteiger charge is 2.27. The predicted molar refractivity (Wildman–Crippen MR) is 112 cm³/mol. The number of rotatable bonds is 6. The summed E-state index contributed by atoms with van der Waals surface area (Å²) in [4.78, 5) is 28.9. The zero-order valence-corrected chi connectivity index (χ0v) is 18.1. The van der Waals surface area contributed by atoms with Gasteiger partial charge in [0.1, 0.15) is 0 Å². The number of piperidine rings is 1. The Morgan fingerprint density at radius 3 is 2.39 bits per heavy atom. The lowest BCUT2D eigenvalue weighted by molar-refractivity contribution is -0.133. The average molecular weight is 452 g/mol. The number of carbonyl (C=O) groups is 2. The highest BCUT2D eigenvalue weighted by molar-refractivity contribution is 9.10. The molecule has 2 fully saturated rings. The maximum absolute atomic E-state index is 12.9. The van der Waals surface area contributed by atoms with Gasteiger partial charge in [0.05, 0.1) is 25.7 Å². The van der Waals surface area contributed by atoms with Crippen LogP contribution in [0.5, 0.6) is 0 Å². The van der Waals surface area contributed by atoms with E-state index in [9.17, 15) is 9.59 Å². The van der Waals surface area contributed by atoms with Gasteiger partial charge in [-0.3, -0.25) is 14.5 Å². The third kappa shape index (κ3) is 6.29. The van der Waals surface area contributed by atoms with Crippen molar-refractivity contribution < 1.29 is 14.3 Å². The summed E-state index contributed by atoms with van der Waals surface area (Å²) in [6.45, 7) is 7.92. The molecule has 0 radical (unpaired) electrons. The van der Waals surface area contributed by atoms with Gasteiger partial charge < -0.3 is 15.0 Å². The van der Waals surface area contributed by atoms with Gasteiger partial charge in [0.15, 0.2) is 0 Å². The number of carbonyl (C=O) groups excluding carboxylic acids is 2. The summed E-state index contributed by atoms with van der Waals surface area (Å²) in [5.41, 5.74) is 0.953. The first kappa shape index (κ1) is 21.3. The first-order valence-corrected chi connectivity index (χ1v) is 10.9. The smallest absolute Gasteiger partial charge is 0.224 e. The number of halogens is 1. The van der Waals surface area contributed by atoms with Crippen molar-refractivity contribution in [2.24, 2.45) is 5.92 Å². The molecule has 154 valence electrons. The van der Waals surface area contributed by atoms with Gasteiger partial charge in [-0.1, -0.05) is 28.1 Å². The quantitative estimate of drug-likeness (QED) is 0.721. The molecule has 28 heavy (non-hydrogen) atoms. The van der Waals surface area contributed by atoms with E-state index in [1.807, 2.05) is 29.2 Å². The Bertz CT molecular complexity index is 653. The standard InChI is InChI=1S/C21H30BrN3O3/c1-16(26)23-20(18-2-4-19(22)5-3-18)14-21(27)25-8-6-17(7-9-25)15-24-10-12-28-13-11-24/h2-5,17,20H,6-15H2,1H3,(H,23,26). The number of hydrogen-bond acceptors (Lipinski definition) is 4. The predicted octanol–water partition coefficient (Wildman–Crippen LogP) is 2.59. The van der Waals surface area contributed by atoms with E-state index >= 15 is 0 Å². The molecule has 1 unspecified atom stereocenters. The number of morpholine rings is 1. The molecule has 0 bridgehead atoms. The maximum atomic E-state index is 12.9. The number of benzene rings is 1. The van der Waals surface area contributed by atoms with Crippen molar-refractivity contribution in [1.29, 1.82) is 0 Å². The number of nitrogens with zero attached hydrogens (tertiary/aromatic N) is 2. The summed E-state index contributed by atoms with van der Waals surface area (Å²) in [6.07, 6.45) is 2.40. The molecule has 2 amide bonds. The molecule has 1 N–H and O–H groups in total. The Kier molecular flexibility index (Phi) is 7.88. The van der Waals surface area contributed by atoms with Gasteiger partial charge in [-0.05, 0) is 36.5 Å². The fourth-order valence-corrected chi connectivity index (χ4v) is 4.27. The normalized spacial score (nSPS) is 20.0. The molecule has 3 rings (SSSR count). The lowest BCUT2D eigenvalue weighted by atomic mass is 9.95. The average Bonchev–Trinajstić information content (AvgIpc) is 2.69. The fraction of sp³-hybridized carbons (Fsp3) is 0.619. The number of amides is 2. The van der Waals surface area contributed by atoms with Crippen molar-refractivity contribution in [3.63, 3.8) is 0 Å². The van der Waals surface area contributed by atoms with E-state index in [1.165, 1.54) is 6.92 Å². The summed E-state index contributed by atoms with van der Waals surface area (Å²) < 4.78 is 6.40. The topological polar surface area (TPSA) is 61.9 Å². The van der Waals surface area contributed by atoms with Crippen LogP contribution >= 0.6 is 15.9 Å². The zero-order chi connectivity index (χ0) is 19.9. The van der Waals surface area contributed by atoms with Crippen LogP contribution < -0.4 is 5.32 Å². The first-order valence-electron chi connectivity index (χ1n) is 10.1. The van der Waals surface area contributed by atoms with E-state index in [0.717, 1.165) is 68.8 Å². The van der Waals surface area contributed by atoms with Crippen LogP contribution in [0.1, 0.15) is 37.8 Å². The van der Waals surface area contributed by atoms with Crippen molar-refractivity contribution in [2.75, 3.05) is 45.9 Å². The summed E-state index contributed by atoms with van der Waals surface area (Å²) in [7, 11) is 0. The van der Waals surface area contributed by atoms with Crippen LogP contribution in [0.2, 0.25) is 0 Å². The molecule has 2 heterocycles. The Morgan fingerprint density at radius 1 is 1.14 bits per heavy atom. The lowest BCUT2D eigenvalue weighted by Gasteiger charge is -2.36. The van der Waals surface area contributed by atoms with Gasteiger partial charge >= 0.3 is 0 Å². The molecule has 0 aromatic heterocycles. The largest absolute Gasteiger partial charge is 0.379 e. The minimum atomic E-state index is -0.288. The monoisotopic (exact) mass is 451 g/mol. The van der Waals surface area contributed by atoms with Gasteiger partial charge in [0, 0.05) is 44.1 Å². The summed E-state index contributed by atoms with van der Waals surface area (Å²) in [5.74, 6) is 0.649. The highest BCUT2D eigenvalue weighted by atomic mass is 79.9. The van der Waals surface area contributed by atoms with Gasteiger partial charge in [-0.15, -0.1) is 0 Å². The Labute approximate surface area is 175 Å². The molecule has 2 aliphatic heterocycles. The molecule has 2 saturated heterocycles. The van der Waals surface area contributed by atoms with E-state index in [-0.39, 0.29) is 17.9 Å². The second-order valence-electron chi connectivity index (χ2n) is 7.75. The van der Waals surface area contributed by atoms with Crippen LogP contribution in [-0.4, -0.2) is 67.6 Å². The maximum Gasteiger partial charge on any atom is 0.224 e. The van der Waals surface area contributed by atoms with Crippen LogP contribution in [0.4, 0.5) is 0 Å². The number of ether oxygens (including phenoxy) is 1. The number of nitrogens with one attached hydrogen (secondary N) is 1.